The highest BCUT2D eigenvalue weighted by Crippen LogP contribution is 2.24. The molecule has 16 heavy (non-hydrogen) atoms. The Morgan fingerprint density at radius 1 is 1.44 bits per heavy atom. The molecule has 0 saturated carbocycles. The molecule has 0 aromatic rings. The number of nitrogens with zero attached hydrogens (tertiary/aromatic N) is 1. The summed E-state index contributed by atoms with van der Waals surface area (Å²) in [6.07, 6.45) is 1.49. The molecule has 1 aliphatic rings. The van der Waals surface area contributed by atoms with Gasteiger partial charge in [-0.3, -0.25) is 4.90 Å². The number of halogens is 1. The van der Waals surface area contributed by atoms with Gasteiger partial charge in [0.05, 0.1) is 12.7 Å². The van der Waals surface area contributed by atoms with Crippen molar-refractivity contribution in [2.45, 2.75) is 45.5 Å². The van der Waals surface area contributed by atoms with Gasteiger partial charge >= 0.3 is 0 Å². The minimum absolute atomic E-state index is 0.111. The van der Waals surface area contributed by atoms with E-state index in [1.807, 2.05) is 0 Å². The first kappa shape index (κ1) is 13.7. The summed E-state index contributed by atoms with van der Waals surface area (Å²) in [5.41, 5.74) is -1.41. The van der Waals surface area contributed by atoms with Crippen molar-refractivity contribution < 1.29 is 9.13 Å². The molecule has 0 aromatic heterocycles. The molecule has 2 atom stereocenters. The molecule has 1 saturated heterocycles. The van der Waals surface area contributed by atoms with E-state index in [1.54, 1.807) is 0 Å². The van der Waals surface area contributed by atoms with Crippen LogP contribution in [0.5, 0.6) is 0 Å². The molecule has 0 aromatic carbocycles. The number of rotatable bonds is 3. The second kappa shape index (κ2) is 5.28. The maximum atomic E-state index is 14.3. The second-order valence-electron chi connectivity index (χ2n) is 5.36. The van der Waals surface area contributed by atoms with Gasteiger partial charge in [0.1, 0.15) is 0 Å². The second-order valence-corrected chi connectivity index (χ2v) is 5.36. The van der Waals surface area contributed by atoms with E-state index in [0.717, 1.165) is 6.54 Å². The largest absolute Gasteiger partial charge is 0.373 e. The van der Waals surface area contributed by atoms with Crippen LogP contribution in [-0.4, -0.2) is 42.4 Å². The highest BCUT2D eigenvalue weighted by Gasteiger charge is 2.36. The quantitative estimate of drug-likeness (QED) is 0.690. The van der Waals surface area contributed by atoms with E-state index in [1.165, 1.54) is 6.08 Å². The Labute approximate surface area is 98.5 Å². The number of hydrogen-bond donors (Lipinski definition) is 0. The Hall–Kier alpha value is -0.410. The highest BCUT2D eigenvalue weighted by molar-refractivity contribution is 5.01. The summed E-state index contributed by atoms with van der Waals surface area (Å²) < 4.78 is 20.0. The van der Waals surface area contributed by atoms with Crippen LogP contribution in [-0.2, 0) is 4.74 Å². The maximum absolute atomic E-state index is 14.3. The predicted molar refractivity (Wildman–Crippen MR) is 65.3 cm³/mol. The third-order valence-corrected chi connectivity index (χ3v) is 3.26. The molecule has 0 bridgehead atoms. The molecule has 0 unspecified atom stereocenters. The first-order valence-corrected chi connectivity index (χ1v) is 6.06. The normalized spacial score (nSPS) is 33.1. The van der Waals surface area contributed by atoms with Gasteiger partial charge in [-0.25, -0.2) is 4.39 Å². The van der Waals surface area contributed by atoms with Gasteiger partial charge in [0.15, 0.2) is 5.67 Å². The van der Waals surface area contributed by atoms with Crippen molar-refractivity contribution in [3.8, 4) is 0 Å². The number of hydrogen-bond acceptors (Lipinski definition) is 2. The van der Waals surface area contributed by atoms with Crippen LogP contribution in [0.15, 0.2) is 12.7 Å². The van der Waals surface area contributed by atoms with Crippen LogP contribution < -0.4 is 0 Å². The molecule has 1 rings (SSSR count). The Bertz CT molecular complexity index is 242. The fourth-order valence-corrected chi connectivity index (χ4v) is 1.90. The van der Waals surface area contributed by atoms with Gasteiger partial charge in [0.25, 0.3) is 0 Å². The topological polar surface area (TPSA) is 12.5 Å². The van der Waals surface area contributed by atoms with E-state index in [4.69, 9.17) is 4.74 Å². The van der Waals surface area contributed by atoms with Crippen molar-refractivity contribution in [1.29, 1.82) is 0 Å². The van der Waals surface area contributed by atoms with Crippen molar-refractivity contribution in [3.05, 3.63) is 12.7 Å². The standard InChI is InChI=1S/C13H24FNO/c1-6-13(14)8-15(11(4)5)7-12(10(2)3)16-9-13/h6,10-12H,1,7-9H2,2-5H3/t12-,13+/m0/s1. The summed E-state index contributed by atoms with van der Waals surface area (Å²) in [7, 11) is 0. The molecule has 0 aliphatic carbocycles. The molecule has 0 amide bonds. The van der Waals surface area contributed by atoms with Gasteiger partial charge in [-0.05, 0) is 19.8 Å². The fourth-order valence-electron chi connectivity index (χ4n) is 1.90. The molecule has 0 radical (unpaired) electrons. The molecular formula is C13H24FNO. The Morgan fingerprint density at radius 2 is 2.06 bits per heavy atom. The summed E-state index contributed by atoms with van der Waals surface area (Å²) >= 11 is 0. The van der Waals surface area contributed by atoms with Crippen LogP contribution in [0.4, 0.5) is 4.39 Å². The fraction of sp³-hybridized carbons (Fsp3) is 0.846. The maximum Gasteiger partial charge on any atom is 0.164 e. The van der Waals surface area contributed by atoms with E-state index in [-0.39, 0.29) is 12.7 Å². The van der Waals surface area contributed by atoms with Crippen LogP contribution in [0.3, 0.4) is 0 Å². The first-order chi connectivity index (χ1) is 7.38. The summed E-state index contributed by atoms with van der Waals surface area (Å²) in [6.45, 7) is 13.3. The van der Waals surface area contributed by atoms with Gasteiger partial charge in [-0.1, -0.05) is 26.5 Å². The highest BCUT2D eigenvalue weighted by atomic mass is 19.1. The molecule has 1 heterocycles. The van der Waals surface area contributed by atoms with Crippen LogP contribution in [0.25, 0.3) is 0 Å². The van der Waals surface area contributed by atoms with Gasteiger partial charge in [-0.15, -0.1) is 0 Å². The van der Waals surface area contributed by atoms with Gasteiger partial charge in [0, 0.05) is 19.1 Å². The van der Waals surface area contributed by atoms with Crippen molar-refractivity contribution in [2.75, 3.05) is 19.7 Å². The molecule has 0 N–H and O–H groups in total. The van der Waals surface area contributed by atoms with Crippen LogP contribution >= 0.6 is 0 Å². The molecule has 3 heteroatoms. The van der Waals surface area contributed by atoms with E-state index >= 15 is 0 Å². The zero-order valence-electron chi connectivity index (χ0n) is 10.9. The van der Waals surface area contributed by atoms with Gasteiger partial charge < -0.3 is 4.74 Å². The molecule has 1 aliphatic heterocycles. The van der Waals surface area contributed by atoms with E-state index < -0.39 is 5.67 Å². The average Bonchev–Trinajstić information content (AvgIpc) is 2.38. The van der Waals surface area contributed by atoms with Crippen LogP contribution in [0.2, 0.25) is 0 Å². The smallest absolute Gasteiger partial charge is 0.164 e. The number of ether oxygens (including phenoxy) is 1. The minimum Gasteiger partial charge on any atom is -0.373 e. The molecule has 94 valence electrons. The number of alkyl halides is 1. The van der Waals surface area contributed by atoms with Gasteiger partial charge in [0.2, 0.25) is 0 Å². The average molecular weight is 229 g/mol. The third kappa shape index (κ3) is 3.29. The monoisotopic (exact) mass is 229 g/mol. The molecule has 1 fully saturated rings. The molecule has 0 spiro atoms. The lowest BCUT2D eigenvalue weighted by molar-refractivity contribution is -0.00691. The zero-order chi connectivity index (χ0) is 12.3. The first-order valence-electron chi connectivity index (χ1n) is 6.06. The van der Waals surface area contributed by atoms with Crippen molar-refractivity contribution >= 4 is 0 Å². The Balaban J connectivity index is 2.80. The van der Waals surface area contributed by atoms with Crippen molar-refractivity contribution in [3.63, 3.8) is 0 Å². The minimum atomic E-state index is -1.41. The summed E-state index contributed by atoms with van der Waals surface area (Å²) in [5, 5.41) is 0. The predicted octanol–water partition coefficient (Wildman–Crippen LogP) is 2.65. The zero-order valence-corrected chi connectivity index (χ0v) is 10.9. The lowest BCUT2D eigenvalue weighted by atomic mass is 10.1. The Kier molecular flexibility index (Phi) is 4.51. The van der Waals surface area contributed by atoms with E-state index in [0.29, 0.717) is 18.5 Å². The lowest BCUT2D eigenvalue weighted by Gasteiger charge is -2.30. The van der Waals surface area contributed by atoms with Crippen molar-refractivity contribution in [1.82, 2.24) is 4.90 Å². The third-order valence-electron chi connectivity index (χ3n) is 3.26. The van der Waals surface area contributed by atoms with Crippen LogP contribution in [0.1, 0.15) is 27.7 Å². The SMILES string of the molecule is C=C[C@]1(F)CO[C@H](C(C)C)CN(C(C)C)C1. The van der Waals surface area contributed by atoms with Crippen molar-refractivity contribution in [2.24, 2.45) is 5.92 Å². The van der Waals surface area contributed by atoms with Gasteiger partial charge in [-0.2, -0.15) is 0 Å². The van der Waals surface area contributed by atoms with E-state index in [9.17, 15) is 4.39 Å². The summed E-state index contributed by atoms with van der Waals surface area (Å²) in [4.78, 5) is 2.14. The van der Waals surface area contributed by atoms with E-state index in [2.05, 4.69) is 39.2 Å². The molecule has 2 nitrogen and oxygen atoms in total. The molecular weight excluding hydrogens is 205 g/mol. The Morgan fingerprint density at radius 3 is 2.50 bits per heavy atom. The summed E-state index contributed by atoms with van der Waals surface area (Å²) in [5.74, 6) is 0.411. The van der Waals surface area contributed by atoms with Crippen LogP contribution in [0, 0.1) is 5.92 Å². The lowest BCUT2D eigenvalue weighted by Crippen LogP contribution is -2.43. The summed E-state index contributed by atoms with van der Waals surface area (Å²) in [6, 6.07) is 0.332.